The van der Waals surface area contributed by atoms with Crippen LogP contribution in [0, 0.1) is 13.8 Å². The molecule has 1 heteroatoms. The van der Waals surface area contributed by atoms with Crippen molar-refractivity contribution in [2.45, 2.75) is 20.3 Å². The Morgan fingerprint density at radius 3 is 2.80 bits per heavy atom. The molecule has 1 nitrogen and oxygen atoms in total. The van der Waals surface area contributed by atoms with E-state index in [1.165, 1.54) is 33.6 Å². The maximum Gasteiger partial charge on any atom is 0.215 e. The lowest BCUT2D eigenvalue weighted by Crippen LogP contribution is -2.12. The zero-order chi connectivity index (χ0) is 10.4. The molecule has 0 unspecified atom stereocenters. The van der Waals surface area contributed by atoms with Gasteiger partial charge in [0.2, 0.25) is 5.69 Å². The average molecular weight is 196 g/mol. The minimum Gasteiger partial charge on any atom is -0.208 e. The van der Waals surface area contributed by atoms with Crippen molar-refractivity contribution in [3.8, 4) is 11.3 Å². The molecule has 0 saturated heterocycles. The van der Waals surface area contributed by atoms with E-state index in [0.29, 0.717) is 0 Å². The highest BCUT2D eigenvalue weighted by Gasteiger charge is 2.25. The van der Waals surface area contributed by atoms with E-state index in [9.17, 15) is 0 Å². The first-order chi connectivity index (χ1) is 7.25. The lowest BCUT2D eigenvalue weighted by molar-refractivity contribution is -0.374. The molecule has 15 heavy (non-hydrogen) atoms. The molecule has 1 aromatic heterocycles. The number of pyridine rings is 1. The van der Waals surface area contributed by atoms with Crippen molar-refractivity contribution in [3.63, 3.8) is 0 Å². The SMILES string of the molecule is Cc1cc(C)c2c([nH+]1)-c1ccccc1C2. The van der Waals surface area contributed by atoms with Crippen molar-refractivity contribution in [2.75, 3.05) is 0 Å². The van der Waals surface area contributed by atoms with Crippen LogP contribution < -0.4 is 4.98 Å². The highest BCUT2D eigenvalue weighted by atomic mass is 14.7. The van der Waals surface area contributed by atoms with Gasteiger partial charge in [0.05, 0.1) is 0 Å². The maximum absolute atomic E-state index is 3.48. The summed E-state index contributed by atoms with van der Waals surface area (Å²) in [6.45, 7) is 4.32. The van der Waals surface area contributed by atoms with Crippen LogP contribution in [0.2, 0.25) is 0 Å². The van der Waals surface area contributed by atoms with Crippen molar-refractivity contribution in [3.05, 3.63) is 52.7 Å². The molecular weight excluding hydrogens is 182 g/mol. The molecule has 1 heterocycles. The molecule has 1 aromatic carbocycles. The highest BCUT2D eigenvalue weighted by molar-refractivity contribution is 5.72. The molecule has 2 aromatic rings. The third-order valence-electron chi connectivity index (χ3n) is 3.19. The Labute approximate surface area is 89.8 Å². The number of fused-ring (bicyclic) bond motifs is 3. The fraction of sp³-hybridized carbons (Fsp3) is 0.214. The van der Waals surface area contributed by atoms with Crippen LogP contribution in [0.25, 0.3) is 11.3 Å². The molecule has 0 aliphatic heterocycles. The molecule has 0 amide bonds. The Balaban J connectivity index is 2.33. The summed E-state index contributed by atoms with van der Waals surface area (Å²) >= 11 is 0. The Kier molecular flexibility index (Phi) is 1.69. The first-order valence-electron chi connectivity index (χ1n) is 5.36. The number of H-pyrrole nitrogens is 1. The Hall–Kier alpha value is -1.63. The van der Waals surface area contributed by atoms with Gasteiger partial charge >= 0.3 is 0 Å². The first kappa shape index (κ1) is 8.66. The van der Waals surface area contributed by atoms with E-state index < -0.39 is 0 Å². The molecule has 0 radical (unpaired) electrons. The van der Waals surface area contributed by atoms with Gasteiger partial charge in [-0.15, -0.1) is 0 Å². The van der Waals surface area contributed by atoms with E-state index in [1.54, 1.807) is 0 Å². The molecule has 3 rings (SSSR count). The van der Waals surface area contributed by atoms with E-state index >= 15 is 0 Å². The first-order valence-corrected chi connectivity index (χ1v) is 5.36. The van der Waals surface area contributed by atoms with Crippen molar-refractivity contribution in [1.29, 1.82) is 0 Å². The number of benzene rings is 1. The molecule has 1 aliphatic rings. The average Bonchev–Trinajstić information content (AvgIpc) is 2.57. The molecule has 74 valence electrons. The summed E-state index contributed by atoms with van der Waals surface area (Å²) in [5.74, 6) is 0. The van der Waals surface area contributed by atoms with E-state index in [1.807, 2.05) is 0 Å². The number of aromatic amines is 1. The minimum absolute atomic E-state index is 1.08. The maximum atomic E-state index is 3.48. The molecule has 1 aliphatic carbocycles. The van der Waals surface area contributed by atoms with E-state index in [2.05, 4.69) is 49.2 Å². The Morgan fingerprint density at radius 1 is 1.13 bits per heavy atom. The number of hydrogen-bond acceptors (Lipinski definition) is 0. The van der Waals surface area contributed by atoms with Crippen LogP contribution in [-0.4, -0.2) is 0 Å². The lowest BCUT2D eigenvalue weighted by atomic mass is 10.1. The summed E-state index contributed by atoms with van der Waals surface area (Å²) in [4.78, 5) is 3.48. The fourth-order valence-corrected chi connectivity index (χ4v) is 2.48. The Morgan fingerprint density at radius 2 is 1.93 bits per heavy atom. The van der Waals surface area contributed by atoms with Gasteiger partial charge in [-0.25, -0.2) is 4.98 Å². The second-order valence-corrected chi connectivity index (χ2v) is 4.32. The number of aryl methyl sites for hydroxylation is 2. The predicted molar refractivity (Wildman–Crippen MR) is 60.7 cm³/mol. The van der Waals surface area contributed by atoms with Gasteiger partial charge in [-0.05, 0) is 24.1 Å². The van der Waals surface area contributed by atoms with Crippen LogP contribution in [0.1, 0.15) is 22.4 Å². The van der Waals surface area contributed by atoms with Crippen LogP contribution in [0.3, 0.4) is 0 Å². The van der Waals surface area contributed by atoms with Crippen LogP contribution in [0.4, 0.5) is 0 Å². The van der Waals surface area contributed by atoms with Gasteiger partial charge in [0.25, 0.3) is 0 Å². The largest absolute Gasteiger partial charge is 0.215 e. The normalized spacial score (nSPS) is 12.4. The van der Waals surface area contributed by atoms with Crippen molar-refractivity contribution < 1.29 is 4.98 Å². The smallest absolute Gasteiger partial charge is 0.208 e. The van der Waals surface area contributed by atoms with Gasteiger partial charge in [0.1, 0.15) is 0 Å². The third-order valence-corrected chi connectivity index (χ3v) is 3.19. The van der Waals surface area contributed by atoms with Crippen molar-refractivity contribution in [2.24, 2.45) is 0 Å². The zero-order valence-electron chi connectivity index (χ0n) is 9.09. The van der Waals surface area contributed by atoms with Gasteiger partial charge in [-0.2, -0.15) is 0 Å². The predicted octanol–water partition coefficient (Wildman–Crippen LogP) is 2.69. The second kappa shape index (κ2) is 2.93. The number of rotatable bonds is 0. The number of hydrogen-bond donors (Lipinski definition) is 0. The topological polar surface area (TPSA) is 14.1 Å². The van der Waals surface area contributed by atoms with Crippen LogP contribution >= 0.6 is 0 Å². The van der Waals surface area contributed by atoms with Gasteiger partial charge in [-0.3, -0.25) is 0 Å². The molecule has 1 N–H and O–H groups in total. The van der Waals surface area contributed by atoms with Crippen LogP contribution in [-0.2, 0) is 6.42 Å². The molecule has 0 saturated carbocycles. The summed E-state index contributed by atoms with van der Waals surface area (Å²) in [7, 11) is 0. The quantitative estimate of drug-likeness (QED) is 0.525. The lowest BCUT2D eigenvalue weighted by Gasteiger charge is -1.98. The molecule has 0 atom stereocenters. The summed E-state index contributed by atoms with van der Waals surface area (Å²) < 4.78 is 0. The Bertz CT molecular complexity index is 541. The standard InChI is InChI=1S/C14H13N/c1-9-7-10(2)15-14-12-6-4-3-5-11(12)8-13(9)14/h3-7H,8H2,1-2H3/p+1. The van der Waals surface area contributed by atoms with Crippen LogP contribution in [0.15, 0.2) is 30.3 Å². The van der Waals surface area contributed by atoms with Gasteiger partial charge in [-0.1, -0.05) is 18.2 Å². The third kappa shape index (κ3) is 1.19. The van der Waals surface area contributed by atoms with Gasteiger partial charge in [0.15, 0.2) is 5.69 Å². The number of aromatic nitrogens is 1. The van der Waals surface area contributed by atoms with Crippen LogP contribution in [0.5, 0.6) is 0 Å². The van der Waals surface area contributed by atoms with Gasteiger partial charge < -0.3 is 0 Å². The van der Waals surface area contributed by atoms with E-state index in [-0.39, 0.29) is 0 Å². The molecular formula is C14H14N+. The summed E-state index contributed by atoms with van der Waals surface area (Å²) in [6.07, 6.45) is 1.08. The molecule has 0 bridgehead atoms. The van der Waals surface area contributed by atoms with Crippen molar-refractivity contribution in [1.82, 2.24) is 0 Å². The second-order valence-electron chi connectivity index (χ2n) is 4.32. The van der Waals surface area contributed by atoms with Crippen molar-refractivity contribution >= 4 is 0 Å². The van der Waals surface area contributed by atoms with E-state index in [4.69, 9.17) is 0 Å². The van der Waals surface area contributed by atoms with Gasteiger partial charge in [0, 0.05) is 30.5 Å². The monoisotopic (exact) mass is 196 g/mol. The zero-order valence-corrected chi connectivity index (χ0v) is 9.09. The molecule has 0 fully saturated rings. The molecule has 0 spiro atoms. The highest BCUT2D eigenvalue weighted by Crippen LogP contribution is 2.34. The summed E-state index contributed by atoms with van der Waals surface area (Å²) in [6, 6.07) is 10.9. The van der Waals surface area contributed by atoms with E-state index in [0.717, 1.165) is 6.42 Å². The summed E-state index contributed by atoms with van der Waals surface area (Å²) in [5.41, 5.74) is 8.24. The summed E-state index contributed by atoms with van der Waals surface area (Å²) in [5, 5.41) is 0. The number of nitrogens with one attached hydrogen (secondary N) is 1. The minimum atomic E-state index is 1.08. The fourth-order valence-electron chi connectivity index (χ4n) is 2.48.